The van der Waals surface area contributed by atoms with E-state index in [-0.39, 0.29) is 0 Å². The number of hydrogen-bond donors (Lipinski definition) is 0. The van der Waals surface area contributed by atoms with Gasteiger partial charge >= 0.3 is 0 Å². The maximum atomic E-state index is 8.66. The molecule has 1 fully saturated rings. The van der Waals surface area contributed by atoms with E-state index in [1.807, 2.05) is 49.5 Å². The first-order chi connectivity index (χ1) is 11.9. The van der Waals surface area contributed by atoms with Crippen LogP contribution in [0, 0.1) is 0 Å². The van der Waals surface area contributed by atoms with E-state index in [9.17, 15) is 0 Å². The lowest BCUT2D eigenvalue weighted by Gasteiger charge is -2.32. The molecule has 24 heavy (non-hydrogen) atoms. The van der Waals surface area contributed by atoms with Crippen LogP contribution >= 0.6 is 11.6 Å². The second-order valence-electron chi connectivity index (χ2n) is 6.60. The number of halogens is 1. The molecule has 0 radical (unpaired) electrons. The van der Waals surface area contributed by atoms with Crippen LogP contribution in [-0.4, -0.2) is 31.1 Å². The van der Waals surface area contributed by atoms with E-state index in [1.54, 1.807) is 0 Å². The second kappa shape index (κ2) is 7.69. The largest absolute Gasteiger partial charge is 0.366 e. The number of nitrogens with zero attached hydrogens (tertiary/aromatic N) is 1. The summed E-state index contributed by atoms with van der Waals surface area (Å²) in [6.45, 7) is 3.64. The lowest BCUT2D eigenvalue weighted by molar-refractivity contribution is -0.0117. The molecule has 0 spiro atoms. The predicted molar refractivity (Wildman–Crippen MR) is 101 cm³/mol. The second-order valence-corrected chi connectivity index (χ2v) is 7.03. The van der Waals surface area contributed by atoms with Gasteiger partial charge in [-0.1, -0.05) is 54.1 Å². The van der Waals surface area contributed by atoms with Crippen LogP contribution in [0.4, 0.5) is 0 Å². The highest BCUT2D eigenvalue weighted by Crippen LogP contribution is 2.34. The summed E-state index contributed by atoms with van der Waals surface area (Å²) in [4.78, 5) is 2.14. The van der Waals surface area contributed by atoms with Crippen molar-refractivity contribution in [2.75, 3.05) is 20.2 Å². The Morgan fingerprint density at radius 2 is 1.83 bits per heavy atom. The summed E-state index contributed by atoms with van der Waals surface area (Å²) in [5.41, 5.74) is 1.62. The monoisotopic (exact) mass is 344 g/mol. The Labute approximate surface area is 151 Å². The third kappa shape index (κ3) is 3.83. The van der Waals surface area contributed by atoms with Crippen LogP contribution in [-0.2, 0) is 10.3 Å². The fraction of sp³-hybridized carbons (Fsp3) is 0.429. The van der Waals surface area contributed by atoms with Crippen molar-refractivity contribution in [3.05, 3.63) is 70.7 Å². The minimum Gasteiger partial charge on any atom is -0.366 e. The van der Waals surface area contributed by atoms with Crippen molar-refractivity contribution in [2.45, 2.75) is 37.8 Å². The van der Waals surface area contributed by atoms with Gasteiger partial charge in [0.2, 0.25) is 0 Å². The van der Waals surface area contributed by atoms with Crippen LogP contribution in [0.2, 0.25) is 5.02 Å². The zero-order chi connectivity index (χ0) is 17.9. The van der Waals surface area contributed by atoms with Crippen LogP contribution in [0.25, 0.3) is 0 Å². The fourth-order valence-electron chi connectivity index (χ4n) is 3.42. The molecule has 2 nitrogen and oxygen atoms in total. The minimum atomic E-state index is -0.556. The summed E-state index contributed by atoms with van der Waals surface area (Å²) < 4.78 is 15.1. The minimum absolute atomic E-state index is 0.502. The van der Waals surface area contributed by atoms with Crippen LogP contribution in [0.3, 0.4) is 0 Å². The number of hydrogen-bond acceptors (Lipinski definition) is 2. The van der Waals surface area contributed by atoms with E-state index in [1.165, 1.54) is 0 Å². The average Bonchev–Trinajstić information content (AvgIpc) is 2.95. The Hall–Kier alpha value is -1.35. The number of benzene rings is 2. The normalized spacial score (nSPS) is 24.5. The fourth-order valence-corrected chi connectivity index (χ4v) is 3.54. The molecule has 0 bridgehead atoms. The molecule has 128 valence electrons. The number of likely N-dealkylation sites (tertiary alicyclic amines) is 1. The van der Waals surface area contributed by atoms with E-state index in [4.69, 9.17) is 17.7 Å². The topological polar surface area (TPSA) is 12.5 Å². The maximum absolute atomic E-state index is 8.66. The number of ether oxygens (including phenoxy) is 1. The zero-order valence-electron chi connectivity index (χ0n) is 15.5. The highest BCUT2D eigenvalue weighted by atomic mass is 35.5. The summed E-state index contributed by atoms with van der Waals surface area (Å²) in [5, 5.41) is 0.719. The van der Waals surface area contributed by atoms with E-state index in [0.717, 1.165) is 35.5 Å². The third-order valence-electron chi connectivity index (χ3n) is 5.00. The molecule has 0 aromatic heterocycles. The lowest BCUT2D eigenvalue weighted by Crippen LogP contribution is -2.31. The third-order valence-corrected chi connectivity index (χ3v) is 5.25. The Balaban J connectivity index is 1.81. The maximum Gasteiger partial charge on any atom is 0.115 e. The van der Waals surface area contributed by atoms with E-state index < -0.39 is 11.6 Å². The van der Waals surface area contributed by atoms with Crippen molar-refractivity contribution in [3.63, 3.8) is 0 Å². The van der Waals surface area contributed by atoms with Crippen molar-refractivity contribution in [1.82, 2.24) is 4.90 Å². The van der Waals surface area contributed by atoms with Gasteiger partial charge in [0.25, 0.3) is 0 Å². The molecular weight excluding hydrogens is 318 g/mol. The molecule has 3 heteroatoms. The van der Waals surface area contributed by atoms with Crippen LogP contribution < -0.4 is 0 Å². The van der Waals surface area contributed by atoms with Gasteiger partial charge in [0.05, 0.1) is 0 Å². The van der Waals surface area contributed by atoms with Crippen molar-refractivity contribution in [1.29, 1.82) is 0 Å². The van der Waals surface area contributed by atoms with Gasteiger partial charge in [-0.25, -0.2) is 0 Å². The quantitative estimate of drug-likeness (QED) is 0.722. The number of rotatable bonds is 6. The standard InChI is InChI=1S/C21H26ClNO/c1-21(17-7-4-3-5-8-17,18-10-12-19(22)13-11-18)24-16-14-20-9-6-15-23(20)2/h3-5,7-8,10-13,20H,6,9,14-16H2,1-2H3/t20-,21-/m1/s1/i20D. The Kier molecular flexibility index (Phi) is 5.17. The first-order valence-electron chi connectivity index (χ1n) is 9.11. The van der Waals surface area contributed by atoms with Crippen molar-refractivity contribution < 1.29 is 6.11 Å². The van der Waals surface area contributed by atoms with Gasteiger partial charge in [0.15, 0.2) is 0 Å². The molecule has 1 aliphatic rings. The van der Waals surface area contributed by atoms with Gasteiger partial charge < -0.3 is 9.64 Å². The Morgan fingerprint density at radius 3 is 2.46 bits per heavy atom. The van der Waals surface area contributed by atoms with Crippen LogP contribution in [0.5, 0.6) is 0 Å². The molecule has 3 rings (SSSR count). The van der Waals surface area contributed by atoms with Gasteiger partial charge in [-0.2, -0.15) is 0 Å². The van der Waals surface area contributed by atoms with E-state index in [2.05, 4.69) is 24.0 Å². The first-order valence-corrected chi connectivity index (χ1v) is 8.99. The van der Waals surface area contributed by atoms with Gasteiger partial charge in [-0.05, 0) is 63.0 Å². The highest BCUT2D eigenvalue weighted by Gasteiger charge is 2.30. The predicted octanol–water partition coefficient (Wildman–Crippen LogP) is 5.10. The molecule has 0 N–H and O–H groups in total. The highest BCUT2D eigenvalue weighted by molar-refractivity contribution is 6.30. The molecule has 0 saturated carbocycles. The average molecular weight is 345 g/mol. The zero-order valence-corrected chi connectivity index (χ0v) is 15.2. The van der Waals surface area contributed by atoms with Crippen molar-refractivity contribution >= 4 is 11.6 Å². The van der Waals surface area contributed by atoms with Gasteiger partial charge in [-0.15, -0.1) is 0 Å². The lowest BCUT2D eigenvalue weighted by atomic mass is 9.88. The molecule has 1 saturated heterocycles. The SMILES string of the molecule is [2H][C@]1(CCO[C@](C)(c2ccccc2)c2ccc(Cl)cc2)CCCN1C. The summed E-state index contributed by atoms with van der Waals surface area (Å²) in [5.74, 6) is 0. The van der Waals surface area contributed by atoms with Crippen molar-refractivity contribution in [3.8, 4) is 0 Å². The first kappa shape index (κ1) is 16.1. The van der Waals surface area contributed by atoms with Gasteiger partial charge in [0.1, 0.15) is 5.60 Å². The summed E-state index contributed by atoms with van der Waals surface area (Å²) >= 11 is 6.06. The molecule has 0 amide bonds. The van der Waals surface area contributed by atoms with E-state index in [0.29, 0.717) is 13.0 Å². The molecule has 0 aliphatic carbocycles. The molecule has 2 aromatic carbocycles. The smallest absolute Gasteiger partial charge is 0.115 e. The Morgan fingerprint density at radius 1 is 1.17 bits per heavy atom. The molecule has 1 aliphatic heterocycles. The summed E-state index contributed by atoms with van der Waals surface area (Å²) in [7, 11) is 2.04. The summed E-state index contributed by atoms with van der Waals surface area (Å²) in [6.07, 6.45) is 2.71. The van der Waals surface area contributed by atoms with Gasteiger partial charge in [0, 0.05) is 19.0 Å². The molecule has 2 atom stereocenters. The van der Waals surface area contributed by atoms with Crippen LogP contribution in [0.15, 0.2) is 54.6 Å². The van der Waals surface area contributed by atoms with Crippen molar-refractivity contribution in [2.24, 2.45) is 0 Å². The van der Waals surface area contributed by atoms with E-state index >= 15 is 0 Å². The summed E-state index contributed by atoms with van der Waals surface area (Å²) in [6, 6.07) is 17.6. The molecule has 2 aromatic rings. The molecule has 1 heterocycles. The van der Waals surface area contributed by atoms with Gasteiger partial charge in [-0.3, -0.25) is 0 Å². The van der Waals surface area contributed by atoms with Crippen LogP contribution in [0.1, 0.15) is 38.7 Å². The molecule has 0 unspecified atom stereocenters. The molecular formula is C21H26ClNO. The Bertz CT molecular complexity index is 693.